The molecule has 1 rings (SSSR count). The highest BCUT2D eigenvalue weighted by Gasteiger charge is 2.09. The van der Waals surface area contributed by atoms with Crippen LogP contribution in [0.3, 0.4) is 0 Å². The molecule has 0 aromatic heterocycles. The van der Waals surface area contributed by atoms with Crippen molar-refractivity contribution in [3.63, 3.8) is 0 Å². The van der Waals surface area contributed by atoms with E-state index in [1.54, 1.807) is 25.2 Å². The van der Waals surface area contributed by atoms with Gasteiger partial charge in [-0.2, -0.15) is 0 Å². The second-order valence-electron chi connectivity index (χ2n) is 3.56. The van der Waals surface area contributed by atoms with E-state index >= 15 is 0 Å². The van der Waals surface area contributed by atoms with Crippen LogP contribution in [0.2, 0.25) is 0 Å². The lowest BCUT2D eigenvalue weighted by Gasteiger charge is -2.11. The summed E-state index contributed by atoms with van der Waals surface area (Å²) in [6, 6.07) is 7.04. The number of benzene rings is 1. The van der Waals surface area contributed by atoms with Gasteiger partial charge in [0, 0.05) is 18.7 Å². The molecule has 0 spiro atoms. The van der Waals surface area contributed by atoms with Crippen LogP contribution < -0.4 is 10.6 Å². The van der Waals surface area contributed by atoms with Crippen molar-refractivity contribution in [2.45, 2.75) is 13.0 Å². The largest absolute Gasteiger partial charge is 0.387 e. The van der Waals surface area contributed by atoms with Gasteiger partial charge in [0.2, 0.25) is 0 Å². The number of amides is 1. The second kappa shape index (κ2) is 6.25. The van der Waals surface area contributed by atoms with Gasteiger partial charge in [0.25, 0.3) is 5.91 Å². The van der Waals surface area contributed by atoms with Crippen LogP contribution in [0.25, 0.3) is 0 Å². The summed E-state index contributed by atoms with van der Waals surface area (Å²) in [7, 11) is 1.77. The van der Waals surface area contributed by atoms with E-state index in [4.69, 9.17) is 0 Å². The topological polar surface area (TPSA) is 61.4 Å². The van der Waals surface area contributed by atoms with Gasteiger partial charge in [0.1, 0.15) is 0 Å². The lowest BCUT2D eigenvalue weighted by atomic mass is 10.1. The molecule has 16 heavy (non-hydrogen) atoms. The van der Waals surface area contributed by atoms with Crippen molar-refractivity contribution in [2.75, 3.05) is 20.1 Å². The molecular formula is C12H18N2O2. The number of rotatable bonds is 5. The van der Waals surface area contributed by atoms with E-state index in [2.05, 4.69) is 10.6 Å². The predicted octanol–water partition coefficient (Wildman–Crippen LogP) is 0.689. The fourth-order valence-corrected chi connectivity index (χ4v) is 1.46. The average molecular weight is 222 g/mol. The lowest BCUT2D eigenvalue weighted by molar-refractivity contribution is 0.0955. The molecule has 0 heterocycles. The zero-order valence-corrected chi connectivity index (χ0v) is 9.66. The summed E-state index contributed by atoms with van der Waals surface area (Å²) in [5.41, 5.74) is 1.33. The molecule has 0 aliphatic carbocycles. The molecule has 0 aliphatic heterocycles. The van der Waals surface area contributed by atoms with Crippen molar-refractivity contribution in [3.05, 3.63) is 35.4 Å². The molecule has 0 saturated heterocycles. The molecule has 1 atom stereocenters. The smallest absolute Gasteiger partial charge is 0.251 e. The van der Waals surface area contributed by atoms with Gasteiger partial charge in [-0.25, -0.2) is 0 Å². The zero-order valence-electron chi connectivity index (χ0n) is 9.66. The van der Waals surface area contributed by atoms with E-state index in [0.29, 0.717) is 18.7 Å². The molecule has 1 aromatic rings. The minimum absolute atomic E-state index is 0.110. The Bertz CT molecular complexity index is 353. The van der Waals surface area contributed by atoms with Crippen molar-refractivity contribution in [2.24, 2.45) is 0 Å². The summed E-state index contributed by atoms with van der Waals surface area (Å²) in [4.78, 5) is 11.6. The molecule has 4 heteroatoms. The Kier molecular flexibility index (Phi) is 4.95. The standard InChI is InChI=1S/C12H18N2O2/c1-3-14-12(16)10-6-4-5-9(7-10)11(15)8-13-2/h4-7,11,13,15H,3,8H2,1-2H3,(H,14,16). The first kappa shape index (κ1) is 12.7. The molecule has 88 valence electrons. The van der Waals surface area contributed by atoms with E-state index in [9.17, 15) is 9.90 Å². The number of likely N-dealkylation sites (N-methyl/N-ethyl adjacent to an activating group) is 1. The third kappa shape index (κ3) is 3.32. The number of hydrogen-bond donors (Lipinski definition) is 3. The van der Waals surface area contributed by atoms with Crippen LogP contribution in [0.4, 0.5) is 0 Å². The number of aliphatic hydroxyl groups excluding tert-OH is 1. The number of nitrogens with one attached hydrogen (secondary N) is 2. The van der Waals surface area contributed by atoms with Crippen molar-refractivity contribution in [1.29, 1.82) is 0 Å². The Morgan fingerprint density at radius 3 is 2.88 bits per heavy atom. The maximum absolute atomic E-state index is 11.6. The molecule has 3 N–H and O–H groups in total. The summed E-state index contributed by atoms with van der Waals surface area (Å²) >= 11 is 0. The summed E-state index contributed by atoms with van der Waals surface area (Å²) in [6.07, 6.45) is -0.584. The zero-order chi connectivity index (χ0) is 12.0. The van der Waals surface area contributed by atoms with Crippen LogP contribution in [-0.2, 0) is 0 Å². The summed E-state index contributed by atoms with van der Waals surface area (Å²) in [5, 5.41) is 15.4. The van der Waals surface area contributed by atoms with Gasteiger partial charge in [0.05, 0.1) is 6.10 Å². The molecule has 0 fully saturated rings. The average Bonchev–Trinajstić information content (AvgIpc) is 2.30. The minimum Gasteiger partial charge on any atom is -0.387 e. The molecule has 0 bridgehead atoms. The Labute approximate surface area is 95.7 Å². The fourth-order valence-electron chi connectivity index (χ4n) is 1.46. The minimum atomic E-state index is -0.584. The van der Waals surface area contributed by atoms with Crippen LogP contribution in [0.1, 0.15) is 28.9 Å². The maximum atomic E-state index is 11.6. The summed E-state index contributed by atoms with van der Waals surface area (Å²) < 4.78 is 0. The van der Waals surface area contributed by atoms with Gasteiger partial charge in [-0.15, -0.1) is 0 Å². The molecule has 1 unspecified atom stereocenters. The Morgan fingerprint density at radius 1 is 1.50 bits per heavy atom. The quantitative estimate of drug-likeness (QED) is 0.687. The highest BCUT2D eigenvalue weighted by atomic mass is 16.3. The number of hydrogen-bond acceptors (Lipinski definition) is 3. The Morgan fingerprint density at radius 2 is 2.25 bits per heavy atom. The van der Waals surface area contributed by atoms with Gasteiger partial charge in [-0.3, -0.25) is 4.79 Å². The fraction of sp³-hybridized carbons (Fsp3) is 0.417. The number of aliphatic hydroxyl groups is 1. The van der Waals surface area contributed by atoms with Crippen molar-refractivity contribution in [3.8, 4) is 0 Å². The molecule has 0 saturated carbocycles. The van der Waals surface area contributed by atoms with Gasteiger partial charge >= 0.3 is 0 Å². The molecule has 0 aliphatic rings. The van der Waals surface area contributed by atoms with Crippen LogP contribution in [0.5, 0.6) is 0 Å². The van der Waals surface area contributed by atoms with E-state index < -0.39 is 6.10 Å². The first-order valence-electron chi connectivity index (χ1n) is 5.39. The highest BCUT2D eigenvalue weighted by Crippen LogP contribution is 2.13. The van der Waals surface area contributed by atoms with Crippen LogP contribution in [-0.4, -0.2) is 31.2 Å². The van der Waals surface area contributed by atoms with E-state index in [-0.39, 0.29) is 5.91 Å². The lowest BCUT2D eigenvalue weighted by Crippen LogP contribution is -2.23. The van der Waals surface area contributed by atoms with Crippen LogP contribution in [0.15, 0.2) is 24.3 Å². The van der Waals surface area contributed by atoms with Gasteiger partial charge in [0.15, 0.2) is 0 Å². The van der Waals surface area contributed by atoms with Crippen molar-refractivity contribution >= 4 is 5.91 Å². The number of carbonyl (C=O) groups excluding carboxylic acids is 1. The van der Waals surface area contributed by atoms with Crippen molar-refractivity contribution < 1.29 is 9.90 Å². The van der Waals surface area contributed by atoms with Crippen molar-refractivity contribution in [1.82, 2.24) is 10.6 Å². The normalized spacial score (nSPS) is 12.2. The maximum Gasteiger partial charge on any atom is 0.251 e. The Hall–Kier alpha value is -1.39. The first-order valence-corrected chi connectivity index (χ1v) is 5.39. The molecule has 4 nitrogen and oxygen atoms in total. The Balaban J connectivity index is 2.82. The highest BCUT2D eigenvalue weighted by molar-refractivity contribution is 5.94. The summed E-state index contributed by atoms with van der Waals surface area (Å²) in [6.45, 7) is 2.94. The van der Waals surface area contributed by atoms with Gasteiger partial charge < -0.3 is 15.7 Å². The second-order valence-corrected chi connectivity index (χ2v) is 3.56. The molecule has 0 radical (unpaired) electrons. The van der Waals surface area contributed by atoms with Crippen LogP contribution >= 0.6 is 0 Å². The molecular weight excluding hydrogens is 204 g/mol. The van der Waals surface area contributed by atoms with E-state index in [1.807, 2.05) is 13.0 Å². The number of carbonyl (C=O) groups is 1. The van der Waals surface area contributed by atoms with Gasteiger partial charge in [-0.1, -0.05) is 12.1 Å². The third-order valence-electron chi connectivity index (χ3n) is 2.27. The SMILES string of the molecule is CCNC(=O)c1cccc(C(O)CNC)c1. The third-order valence-corrected chi connectivity index (χ3v) is 2.27. The van der Waals surface area contributed by atoms with Crippen LogP contribution in [0, 0.1) is 0 Å². The monoisotopic (exact) mass is 222 g/mol. The van der Waals surface area contributed by atoms with Gasteiger partial charge in [-0.05, 0) is 31.7 Å². The predicted molar refractivity (Wildman–Crippen MR) is 63.3 cm³/mol. The molecule has 1 aromatic carbocycles. The van der Waals surface area contributed by atoms with E-state index in [0.717, 1.165) is 5.56 Å². The first-order chi connectivity index (χ1) is 7.69. The summed E-state index contributed by atoms with van der Waals surface area (Å²) in [5.74, 6) is -0.110. The molecule has 1 amide bonds. The van der Waals surface area contributed by atoms with E-state index in [1.165, 1.54) is 0 Å².